The Morgan fingerprint density at radius 1 is 1.50 bits per heavy atom. The van der Waals surface area contributed by atoms with Crippen molar-refractivity contribution in [2.45, 2.75) is 25.4 Å². The van der Waals surface area contributed by atoms with E-state index in [4.69, 9.17) is 5.73 Å². The number of thiophene rings is 1. The summed E-state index contributed by atoms with van der Waals surface area (Å²) in [6.07, 6.45) is 1.21. The fourth-order valence-electron chi connectivity index (χ4n) is 1.08. The van der Waals surface area contributed by atoms with Gasteiger partial charge in [0.05, 0.1) is 0 Å². The molecule has 0 fully saturated rings. The molecule has 3 heteroatoms. The van der Waals surface area contributed by atoms with Gasteiger partial charge in [-0.25, -0.2) is 4.39 Å². The molecular weight excluding hydrogens is 173 g/mol. The predicted molar refractivity (Wildman–Crippen MR) is 51.2 cm³/mol. The molecule has 0 saturated heterocycles. The Balaban J connectivity index is 2.17. The summed E-state index contributed by atoms with van der Waals surface area (Å²) in [6, 6.07) is 2.04. The van der Waals surface area contributed by atoms with Crippen LogP contribution in [-0.2, 0) is 6.42 Å². The van der Waals surface area contributed by atoms with Crippen molar-refractivity contribution in [1.29, 1.82) is 0 Å². The topological polar surface area (TPSA) is 26.0 Å². The predicted octanol–water partition coefficient (Wildman–Crippen LogP) is 2.37. The minimum atomic E-state index is -0.727. The maximum atomic E-state index is 12.9. The second-order valence-corrected chi connectivity index (χ2v) is 3.62. The van der Waals surface area contributed by atoms with Crippen molar-refractivity contribution in [3.05, 3.63) is 22.4 Å². The molecule has 1 aromatic heterocycles. The van der Waals surface area contributed by atoms with Crippen molar-refractivity contribution in [2.24, 2.45) is 5.73 Å². The molecule has 0 spiro atoms. The monoisotopic (exact) mass is 187 g/mol. The lowest BCUT2D eigenvalue weighted by Crippen LogP contribution is -2.09. The van der Waals surface area contributed by atoms with Crippen LogP contribution >= 0.6 is 11.3 Å². The van der Waals surface area contributed by atoms with E-state index in [0.29, 0.717) is 19.4 Å². The third-order valence-electron chi connectivity index (χ3n) is 1.81. The summed E-state index contributed by atoms with van der Waals surface area (Å²) < 4.78 is 12.9. The lowest BCUT2D eigenvalue weighted by Gasteiger charge is -2.04. The lowest BCUT2D eigenvalue weighted by molar-refractivity contribution is 0.300. The molecule has 0 bridgehead atoms. The summed E-state index contributed by atoms with van der Waals surface area (Å²) in [6.45, 7) is 0.449. The molecule has 0 aliphatic heterocycles. The van der Waals surface area contributed by atoms with Crippen LogP contribution in [0, 0.1) is 0 Å². The Bertz CT molecular complexity index is 198. The number of hydrogen-bond acceptors (Lipinski definition) is 2. The lowest BCUT2D eigenvalue weighted by atomic mass is 10.1. The molecule has 0 aliphatic carbocycles. The van der Waals surface area contributed by atoms with E-state index < -0.39 is 6.17 Å². The second-order valence-electron chi connectivity index (χ2n) is 2.84. The van der Waals surface area contributed by atoms with E-state index in [2.05, 4.69) is 5.38 Å². The molecule has 68 valence electrons. The quantitative estimate of drug-likeness (QED) is 0.752. The standard InChI is InChI=1S/C9H14FNS/c10-9(3-5-11)2-1-8-4-6-12-7-8/h4,6-7,9H,1-3,5,11H2. The number of aryl methyl sites for hydroxylation is 1. The van der Waals surface area contributed by atoms with Gasteiger partial charge in [0.25, 0.3) is 0 Å². The zero-order chi connectivity index (χ0) is 8.81. The van der Waals surface area contributed by atoms with Gasteiger partial charge in [-0.3, -0.25) is 0 Å². The van der Waals surface area contributed by atoms with Gasteiger partial charge in [-0.1, -0.05) is 0 Å². The first-order chi connectivity index (χ1) is 5.83. The summed E-state index contributed by atoms with van der Waals surface area (Å²) in [5.74, 6) is 0. The van der Waals surface area contributed by atoms with Crippen LogP contribution in [0.25, 0.3) is 0 Å². The first-order valence-electron chi connectivity index (χ1n) is 4.18. The maximum Gasteiger partial charge on any atom is 0.102 e. The van der Waals surface area contributed by atoms with Gasteiger partial charge >= 0.3 is 0 Å². The summed E-state index contributed by atoms with van der Waals surface area (Å²) >= 11 is 1.66. The van der Waals surface area contributed by atoms with E-state index >= 15 is 0 Å². The highest BCUT2D eigenvalue weighted by Gasteiger charge is 2.04. The molecular formula is C9H14FNS. The number of rotatable bonds is 5. The molecule has 1 aromatic rings. The third kappa shape index (κ3) is 3.32. The van der Waals surface area contributed by atoms with E-state index in [1.165, 1.54) is 5.56 Å². The Morgan fingerprint density at radius 3 is 2.92 bits per heavy atom. The van der Waals surface area contributed by atoms with Gasteiger partial charge < -0.3 is 5.73 Å². The summed E-state index contributed by atoms with van der Waals surface area (Å²) in [7, 11) is 0. The fraction of sp³-hybridized carbons (Fsp3) is 0.556. The second kappa shape index (κ2) is 5.27. The largest absolute Gasteiger partial charge is 0.330 e. The number of hydrogen-bond donors (Lipinski definition) is 1. The molecule has 12 heavy (non-hydrogen) atoms. The van der Waals surface area contributed by atoms with E-state index in [-0.39, 0.29) is 0 Å². The molecule has 0 aliphatic rings. The molecule has 0 aromatic carbocycles. The Kier molecular flexibility index (Phi) is 4.25. The maximum absolute atomic E-state index is 12.9. The summed E-state index contributed by atoms with van der Waals surface area (Å²) in [5, 5.41) is 4.08. The molecule has 1 rings (SSSR count). The summed E-state index contributed by atoms with van der Waals surface area (Å²) in [5.41, 5.74) is 6.48. The van der Waals surface area contributed by atoms with Crippen molar-refractivity contribution in [1.82, 2.24) is 0 Å². The fourth-order valence-corrected chi connectivity index (χ4v) is 1.79. The zero-order valence-corrected chi connectivity index (χ0v) is 7.82. The number of nitrogens with two attached hydrogens (primary N) is 1. The minimum Gasteiger partial charge on any atom is -0.330 e. The Labute approximate surface area is 76.4 Å². The average molecular weight is 187 g/mol. The summed E-state index contributed by atoms with van der Waals surface area (Å²) in [4.78, 5) is 0. The van der Waals surface area contributed by atoms with Gasteiger partial charge in [0, 0.05) is 0 Å². The van der Waals surface area contributed by atoms with Crippen molar-refractivity contribution < 1.29 is 4.39 Å². The highest BCUT2D eigenvalue weighted by molar-refractivity contribution is 7.07. The van der Waals surface area contributed by atoms with Crippen LogP contribution < -0.4 is 5.73 Å². The van der Waals surface area contributed by atoms with Crippen molar-refractivity contribution in [2.75, 3.05) is 6.54 Å². The molecule has 1 atom stereocenters. The molecule has 0 radical (unpaired) electrons. The average Bonchev–Trinajstić information content (AvgIpc) is 2.53. The normalized spacial score (nSPS) is 13.2. The highest BCUT2D eigenvalue weighted by atomic mass is 32.1. The third-order valence-corrected chi connectivity index (χ3v) is 2.54. The first kappa shape index (κ1) is 9.68. The number of alkyl halides is 1. The van der Waals surface area contributed by atoms with Gasteiger partial charge in [-0.05, 0) is 48.2 Å². The van der Waals surface area contributed by atoms with Crippen LogP contribution in [-0.4, -0.2) is 12.7 Å². The van der Waals surface area contributed by atoms with E-state index in [0.717, 1.165) is 6.42 Å². The van der Waals surface area contributed by atoms with Gasteiger partial charge in [-0.2, -0.15) is 11.3 Å². The molecule has 2 N–H and O–H groups in total. The van der Waals surface area contributed by atoms with E-state index in [1.54, 1.807) is 11.3 Å². The van der Waals surface area contributed by atoms with Crippen LogP contribution in [0.4, 0.5) is 4.39 Å². The van der Waals surface area contributed by atoms with Crippen molar-refractivity contribution in [3.63, 3.8) is 0 Å². The van der Waals surface area contributed by atoms with Crippen molar-refractivity contribution in [3.8, 4) is 0 Å². The van der Waals surface area contributed by atoms with Crippen LogP contribution in [0.15, 0.2) is 16.8 Å². The molecule has 0 amide bonds. The molecule has 1 nitrogen and oxygen atoms in total. The first-order valence-corrected chi connectivity index (χ1v) is 5.12. The molecule has 1 unspecified atom stereocenters. The highest BCUT2D eigenvalue weighted by Crippen LogP contribution is 2.12. The van der Waals surface area contributed by atoms with Gasteiger partial charge in [0.15, 0.2) is 0 Å². The van der Waals surface area contributed by atoms with Crippen LogP contribution in [0.2, 0.25) is 0 Å². The van der Waals surface area contributed by atoms with Crippen molar-refractivity contribution >= 4 is 11.3 Å². The van der Waals surface area contributed by atoms with Crippen LogP contribution in [0.1, 0.15) is 18.4 Å². The SMILES string of the molecule is NCCC(F)CCc1ccsc1. The Morgan fingerprint density at radius 2 is 2.33 bits per heavy atom. The van der Waals surface area contributed by atoms with Crippen LogP contribution in [0.5, 0.6) is 0 Å². The zero-order valence-electron chi connectivity index (χ0n) is 7.00. The Hall–Kier alpha value is -0.410. The molecule has 0 saturated carbocycles. The molecule has 1 heterocycles. The van der Waals surface area contributed by atoms with Gasteiger partial charge in [0.2, 0.25) is 0 Å². The smallest absolute Gasteiger partial charge is 0.102 e. The van der Waals surface area contributed by atoms with E-state index in [9.17, 15) is 4.39 Å². The van der Waals surface area contributed by atoms with E-state index in [1.807, 2.05) is 11.4 Å². The van der Waals surface area contributed by atoms with Gasteiger partial charge in [0.1, 0.15) is 6.17 Å². The van der Waals surface area contributed by atoms with Crippen LogP contribution in [0.3, 0.4) is 0 Å². The van der Waals surface area contributed by atoms with Gasteiger partial charge in [-0.15, -0.1) is 0 Å². The minimum absolute atomic E-state index is 0.449. The number of halogens is 1.